The summed E-state index contributed by atoms with van der Waals surface area (Å²) in [6.07, 6.45) is 4.45. The molecule has 6 heteroatoms. The molecule has 0 radical (unpaired) electrons. The lowest BCUT2D eigenvalue weighted by Crippen LogP contribution is -2.43. The lowest BCUT2D eigenvalue weighted by molar-refractivity contribution is 0.584. The van der Waals surface area contributed by atoms with E-state index in [-0.39, 0.29) is 0 Å². The van der Waals surface area contributed by atoms with Gasteiger partial charge in [0.15, 0.2) is 5.96 Å². The van der Waals surface area contributed by atoms with Crippen LogP contribution in [-0.4, -0.2) is 39.7 Å². The Hall–Kier alpha value is -1.17. The van der Waals surface area contributed by atoms with Crippen molar-refractivity contribution in [3.05, 3.63) is 17.5 Å². The van der Waals surface area contributed by atoms with E-state index in [4.69, 9.17) is 0 Å². The van der Waals surface area contributed by atoms with Crippen LogP contribution in [0, 0.1) is 6.92 Å². The van der Waals surface area contributed by atoms with Crippen molar-refractivity contribution in [3.63, 3.8) is 0 Å². The Morgan fingerprint density at radius 2 is 2.40 bits per heavy atom. The second kappa shape index (κ2) is 7.02. The van der Waals surface area contributed by atoms with Crippen molar-refractivity contribution >= 4 is 17.7 Å². The fourth-order valence-corrected chi connectivity index (χ4v) is 3.53. The molecule has 5 nitrogen and oxygen atoms in total. The summed E-state index contributed by atoms with van der Waals surface area (Å²) in [5.74, 6) is 2.17. The highest BCUT2D eigenvalue weighted by atomic mass is 32.2. The summed E-state index contributed by atoms with van der Waals surface area (Å²) in [4.78, 5) is 4.63. The maximum atomic E-state index is 4.63. The molecule has 20 heavy (non-hydrogen) atoms. The number of aryl methyl sites for hydroxylation is 1. The fourth-order valence-electron chi connectivity index (χ4n) is 2.29. The molecule has 0 saturated carbocycles. The van der Waals surface area contributed by atoms with Gasteiger partial charge in [0.1, 0.15) is 0 Å². The average Bonchev–Trinajstić information content (AvgIpc) is 3.03. The van der Waals surface area contributed by atoms with E-state index in [0.717, 1.165) is 30.3 Å². The van der Waals surface area contributed by atoms with Crippen LogP contribution < -0.4 is 10.6 Å². The summed E-state index contributed by atoms with van der Waals surface area (Å²) in [5, 5.41) is 13.7. The minimum Gasteiger partial charge on any atom is -0.357 e. The molecular weight excluding hydrogens is 270 g/mol. The Morgan fingerprint density at radius 3 is 3.00 bits per heavy atom. The van der Waals surface area contributed by atoms with Crippen LogP contribution in [0.15, 0.2) is 11.2 Å². The largest absolute Gasteiger partial charge is 0.357 e. The molecule has 1 saturated heterocycles. The Kier molecular flexibility index (Phi) is 5.34. The second-order valence-electron chi connectivity index (χ2n) is 5.47. The zero-order valence-corrected chi connectivity index (χ0v) is 13.4. The average molecular weight is 295 g/mol. The van der Waals surface area contributed by atoms with Crippen LogP contribution in [0.5, 0.6) is 0 Å². The summed E-state index contributed by atoms with van der Waals surface area (Å²) in [6.45, 7) is 8.94. The van der Waals surface area contributed by atoms with E-state index in [1.807, 2.05) is 13.1 Å². The Labute approximate surface area is 125 Å². The van der Waals surface area contributed by atoms with E-state index in [1.165, 1.54) is 18.6 Å². The van der Waals surface area contributed by atoms with E-state index in [0.29, 0.717) is 11.3 Å². The predicted molar refractivity (Wildman–Crippen MR) is 86.2 cm³/mol. The van der Waals surface area contributed by atoms with Crippen molar-refractivity contribution in [2.75, 3.05) is 18.8 Å². The molecular formula is C14H25N5S. The molecule has 0 aliphatic carbocycles. The number of hydrogen-bond donors (Lipinski definition) is 3. The van der Waals surface area contributed by atoms with Crippen molar-refractivity contribution in [3.8, 4) is 0 Å². The van der Waals surface area contributed by atoms with Gasteiger partial charge in [0, 0.05) is 29.1 Å². The van der Waals surface area contributed by atoms with E-state index in [2.05, 4.69) is 51.4 Å². The lowest BCUT2D eigenvalue weighted by atomic mass is 10.1. The van der Waals surface area contributed by atoms with Crippen molar-refractivity contribution in [1.82, 2.24) is 20.8 Å². The lowest BCUT2D eigenvalue weighted by Gasteiger charge is -2.24. The molecule has 2 rings (SSSR count). The number of nitrogens with zero attached hydrogens (tertiary/aromatic N) is 2. The normalized spacial score (nSPS) is 23.1. The SMILES string of the molecule is CCNC(=NCc1cn[nH]c1C)NCC1(C)CCCS1. The zero-order chi connectivity index (χ0) is 14.4. The summed E-state index contributed by atoms with van der Waals surface area (Å²) in [7, 11) is 0. The molecule has 1 unspecified atom stereocenters. The number of guanidine groups is 1. The number of aromatic amines is 1. The minimum atomic E-state index is 0.349. The minimum absolute atomic E-state index is 0.349. The van der Waals surface area contributed by atoms with E-state index >= 15 is 0 Å². The van der Waals surface area contributed by atoms with Gasteiger partial charge in [-0.05, 0) is 39.4 Å². The number of hydrogen-bond acceptors (Lipinski definition) is 3. The van der Waals surface area contributed by atoms with E-state index < -0.39 is 0 Å². The fraction of sp³-hybridized carbons (Fsp3) is 0.714. The van der Waals surface area contributed by atoms with Crippen LogP contribution in [0.2, 0.25) is 0 Å². The molecule has 112 valence electrons. The van der Waals surface area contributed by atoms with Crippen molar-refractivity contribution < 1.29 is 0 Å². The summed E-state index contributed by atoms with van der Waals surface area (Å²) >= 11 is 2.06. The van der Waals surface area contributed by atoms with E-state index in [1.54, 1.807) is 0 Å². The Bertz CT molecular complexity index is 448. The van der Waals surface area contributed by atoms with Crippen LogP contribution in [-0.2, 0) is 6.54 Å². The van der Waals surface area contributed by atoms with Gasteiger partial charge in [-0.2, -0.15) is 16.9 Å². The van der Waals surface area contributed by atoms with Gasteiger partial charge in [-0.1, -0.05) is 0 Å². The smallest absolute Gasteiger partial charge is 0.191 e. The van der Waals surface area contributed by atoms with Gasteiger partial charge < -0.3 is 10.6 Å². The van der Waals surface area contributed by atoms with Crippen LogP contribution in [0.1, 0.15) is 37.9 Å². The zero-order valence-electron chi connectivity index (χ0n) is 12.6. The molecule has 0 aromatic carbocycles. The molecule has 0 bridgehead atoms. The monoisotopic (exact) mass is 295 g/mol. The summed E-state index contributed by atoms with van der Waals surface area (Å²) in [6, 6.07) is 0. The number of H-pyrrole nitrogens is 1. The highest BCUT2D eigenvalue weighted by molar-refractivity contribution is 8.00. The van der Waals surface area contributed by atoms with Gasteiger partial charge in [-0.25, -0.2) is 4.99 Å². The highest BCUT2D eigenvalue weighted by Crippen LogP contribution is 2.36. The van der Waals surface area contributed by atoms with Crippen molar-refractivity contribution in [2.24, 2.45) is 4.99 Å². The molecule has 1 aliphatic heterocycles. The first kappa shape index (κ1) is 15.2. The van der Waals surface area contributed by atoms with Crippen LogP contribution in [0.25, 0.3) is 0 Å². The first-order valence-electron chi connectivity index (χ1n) is 7.28. The van der Waals surface area contributed by atoms with Gasteiger partial charge in [0.2, 0.25) is 0 Å². The maximum Gasteiger partial charge on any atom is 0.191 e. The third-order valence-electron chi connectivity index (χ3n) is 3.62. The Morgan fingerprint density at radius 1 is 1.55 bits per heavy atom. The van der Waals surface area contributed by atoms with Crippen LogP contribution in [0.3, 0.4) is 0 Å². The number of aliphatic imine (C=N–C) groups is 1. The molecule has 0 spiro atoms. The summed E-state index contributed by atoms with van der Waals surface area (Å²) in [5.41, 5.74) is 2.23. The van der Waals surface area contributed by atoms with Crippen LogP contribution >= 0.6 is 11.8 Å². The number of aromatic nitrogens is 2. The molecule has 2 heterocycles. The molecule has 1 aromatic rings. The number of nitrogens with one attached hydrogen (secondary N) is 3. The van der Waals surface area contributed by atoms with Gasteiger partial charge >= 0.3 is 0 Å². The van der Waals surface area contributed by atoms with Crippen molar-refractivity contribution in [2.45, 2.75) is 44.9 Å². The topological polar surface area (TPSA) is 65.1 Å². The Balaban J connectivity index is 1.90. The molecule has 1 fully saturated rings. The molecule has 0 amide bonds. The third-order valence-corrected chi connectivity index (χ3v) is 5.15. The predicted octanol–water partition coefficient (Wildman–Crippen LogP) is 2.06. The van der Waals surface area contributed by atoms with Gasteiger partial charge in [0.25, 0.3) is 0 Å². The highest BCUT2D eigenvalue weighted by Gasteiger charge is 2.29. The molecule has 3 N–H and O–H groups in total. The number of rotatable bonds is 5. The third kappa shape index (κ3) is 4.16. The number of thioether (sulfide) groups is 1. The standard InChI is InChI=1S/C14H25N5S/c1-4-15-13(16-8-12-9-18-19-11(12)2)17-10-14(3)6-5-7-20-14/h9H,4-8,10H2,1-3H3,(H,18,19)(H2,15,16,17). The first-order chi connectivity index (χ1) is 9.63. The first-order valence-corrected chi connectivity index (χ1v) is 8.26. The molecule has 1 atom stereocenters. The van der Waals surface area contributed by atoms with Gasteiger partial charge in [-0.3, -0.25) is 5.10 Å². The quantitative estimate of drug-likeness (QED) is 0.575. The second-order valence-corrected chi connectivity index (χ2v) is 7.15. The summed E-state index contributed by atoms with van der Waals surface area (Å²) < 4.78 is 0.349. The van der Waals surface area contributed by atoms with Gasteiger partial charge in [-0.15, -0.1) is 0 Å². The molecule has 1 aliphatic rings. The van der Waals surface area contributed by atoms with Crippen LogP contribution in [0.4, 0.5) is 0 Å². The maximum absolute atomic E-state index is 4.63. The van der Waals surface area contributed by atoms with E-state index in [9.17, 15) is 0 Å². The molecule has 1 aromatic heterocycles. The van der Waals surface area contributed by atoms with Gasteiger partial charge in [0.05, 0.1) is 12.7 Å². The van der Waals surface area contributed by atoms with Crippen molar-refractivity contribution in [1.29, 1.82) is 0 Å².